The highest BCUT2D eigenvalue weighted by Crippen LogP contribution is 2.26. The number of likely N-dealkylation sites (tertiary alicyclic amines) is 1. The number of piperidine rings is 1. The van der Waals surface area contributed by atoms with Crippen molar-refractivity contribution in [2.24, 2.45) is 0 Å². The van der Waals surface area contributed by atoms with Crippen LogP contribution in [0.5, 0.6) is 0 Å². The molecule has 2 aliphatic rings. The fraction of sp³-hybridized carbons (Fsp3) is 0.476. The molecule has 0 aromatic carbocycles. The first-order valence-corrected chi connectivity index (χ1v) is 10.2. The zero-order valence-electron chi connectivity index (χ0n) is 16.1. The number of hydrogen-bond acceptors (Lipinski definition) is 6. The lowest BCUT2D eigenvalue weighted by Crippen LogP contribution is -2.36. The number of anilines is 1. The van der Waals surface area contributed by atoms with Gasteiger partial charge < -0.3 is 9.64 Å². The van der Waals surface area contributed by atoms with Crippen molar-refractivity contribution in [1.29, 1.82) is 0 Å². The Morgan fingerprint density at radius 2 is 1.89 bits per heavy atom. The van der Waals surface area contributed by atoms with Crippen LogP contribution in [0.2, 0.25) is 0 Å². The van der Waals surface area contributed by atoms with Crippen molar-refractivity contribution in [1.82, 2.24) is 24.5 Å². The number of ether oxygens (including phenoxy) is 1. The molecular weight excluding hydrogens is 352 g/mol. The highest BCUT2D eigenvalue weighted by molar-refractivity contribution is 5.51. The SMILES string of the molecule is c1cc(CN2CCCC(c3nc4ccc(N5CCOCC5)cn4n3)C2)ccn1. The van der Waals surface area contributed by atoms with Crippen molar-refractivity contribution in [3.05, 3.63) is 54.2 Å². The van der Waals surface area contributed by atoms with E-state index in [1.807, 2.05) is 16.9 Å². The van der Waals surface area contributed by atoms with E-state index < -0.39 is 0 Å². The smallest absolute Gasteiger partial charge is 0.156 e. The molecule has 0 N–H and O–H groups in total. The minimum atomic E-state index is 0.391. The maximum absolute atomic E-state index is 5.46. The number of hydrogen-bond donors (Lipinski definition) is 0. The number of pyridine rings is 2. The van der Waals surface area contributed by atoms with Crippen molar-refractivity contribution in [3.8, 4) is 0 Å². The summed E-state index contributed by atoms with van der Waals surface area (Å²) in [5.74, 6) is 1.36. The van der Waals surface area contributed by atoms with Crippen molar-refractivity contribution < 1.29 is 4.74 Å². The van der Waals surface area contributed by atoms with Gasteiger partial charge in [0.15, 0.2) is 11.5 Å². The number of rotatable bonds is 4. The molecule has 1 unspecified atom stereocenters. The molecule has 0 bridgehead atoms. The zero-order valence-corrected chi connectivity index (χ0v) is 16.1. The van der Waals surface area contributed by atoms with Crippen LogP contribution in [0.25, 0.3) is 5.65 Å². The molecule has 5 rings (SSSR count). The summed E-state index contributed by atoms with van der Waals surface area (Å²) in [6.45, 7) is 6.54. The number of morpholine rings is 1. The first-order valence-electron chi connectivity index (χ1n) is 10.2. The molecule has 7 heteroatoms. The monoisotopic (exact) mass is 378 g/mol. The molecular formula is C21H26N6O. The van der Waals surface area contributed by atoms with Crippen molar-refractivity contribution in [2.45, 2.75) is 25.3 Å². The molecule has 3 aromatic rings. The van der Waals surface area contributed by atoms with Gasteiger partial charge in [-0.25, -0.2) is 9.50 Å². The summed E-state index contributed by atoms with van der Waals surface area (Å²) in [7, 11) is 0. The molecule has 5 heterocycles. The van der Waals surface area contributed by atoms with E-state index in [9.17, 15) is 0 Å². The van der Waals surface area contributed by atoms with Crippen LogP contribution in [0.4, 0.5) is 5.69 Å². The predicted molar refractivity (Wildman–Crippen MR) is 108 cm³/mol. The number of fused-ring (bicyclic) bond motifs is 1. The molecule has 2 aliphatic heterocycles. The molecule has 1 atom stereocenters. The van der Waals surface area contributed by atoms with Gasteiger partial charge in [-0.15, -0.1) is 0 Å². The molecule has 7 nitrogen and oxygen atoms in total. The van der Waals surface area contributed by atoms with Crippen LogP contribution in [0, 0.1) is 0 Å². The summed E-state index contributed by atoms with van der Waals surface area (Å²) >= 11 is 0. The largest absolute Gasteiger partial charge is 0.378 e. The quantitative estimate of drug-likeness (QED) is 0.695. The Morgan fingerprint density at radius 1 is 1.04 bits per heavy atom. The van der Waals surface area contributed by atoms with E-state index in [0.29, 0.717) is 5.92 Å². The second kappa shape index (κ2) is 7.85. The minimum absolute atomic E-state index is 0.391. The van der Waals surface area contributed by atoms with Crippen molar-refractivity contribution >= 4 is 11.3 Å². The summed E-state index contributed by atoms with van der Waals surface area (Å²) in [6, 6.07) is 8.43. The van der Waals surface area contributed by atoms with Crippen LogP contribution in [0.15, 0.2) is 42.9 Å². The molecule has 2 fully saturated rings. The highest BCUT2D eigenvalue weighted by Gasteiger charge is 2.25. The van der Waals surface area contributed by atoms with E-state index in [1.165, 1.54) is 17.7 Å². The first kappa shape index (κ1) is 17.6. The molecule has 0 amide bonds. The summed E-state index contributed by atoms with van der Waals surface area (Å²) in [5.41, 5.74) is 3.43. The average molecular weight is 378 g/mol. The van der Waals surface area contributed by atoms with Crippen LogP contribution in [-0.4, -0.2) is 63.9 Å². The van der Waals surface area contributed by atoms with E-state index in [1.54, 1.807) is 0 Å². The lowest BCUT2D eigenvalue weighted by Gasteiger charge is -2.31. The maximum Gasteiger partial charge on any atom is 0.156 e. The van der Waals surface area contributed by atoms with Crippen LogP contribution in [0.1, 0.15) is 30.1 Å². The third kappa shape index (κ3) is 3.72. The maximum atomic E-state index is 5.46. The topological polar surface area (TPSA) is 58.8 Å². The molecule has 0 aliphatic carbocycles. The summed E-state index contributed by atoms with van der Waals surface area (Å²) < 4.78 is 7.41. The lowest BCUT2D eigenvalue weighted by molar-refractivity contribution is 0.122. The summed E-state index contributed by atoms with van der Waals surface area (Å²) in [6.07, 6.45) is 8.18. The van der Waals surface area contributed by atoms with E-state index in [0.717, 1.165) is 63.8 Å². The van der Waals surface area contributed by atoms with E-state index in [4.69, 9.17) is 14.8 Å². The average Bonchev–Trinajstić information content (AvgIpc) is 3.19. The van der Waals surface area contributed by atoms with Gasteiger partial charge in [-0.2, -0.15) is 5.10 Å². The Hall–Kier alpha value is -2.51. The predicted octanol–water partition coefficient (Wildman–Crippen LogP) is 2.34. The minimum Gasteiger partial charge on any atom is -0.378 e. The lowest BCUT2D eigenvalue weighted by atomic mass is 9.97. The van der Waals surface area contributed by atoms with Crippen molar-refractivity contribution in [2.75, 3.05) is 44.3 Å². The van der Waals surface area contributed by atoms with Gasteiger partial charge in [-0.1, -0.05) is 0 Å². The van der Waals surface area contributed by atoms with Crippen LogP contribution in [-0.2, 0) is 11.3 Å². The molecule has 146 valence electrons. The van der Waals surface area contributed by atoms with Crippen LogP contribution < -0.4 is 4.90 Å². The third-order valence-corrected chi connectivity index (χ3v) is 5.73. The van der Waals surface area contributed by atoms with Gasteiger partial charge >= 0.3 is 0 Å². The normalized spacial score (nSPS) is 21.3. The fourth-order valence-corrected chi connectivity index (χ4v) is 4.23. The fourth-order valence-electron chi connectivity index (χ4n) is 4.23. The Morgan fingerprint density at radius 3 is 2.75 bits per heavy atom. The van der Waals surface area contributed by atoms with E-state index in [2.05, 4.69) is 45.2 Å². The summed E-state index contributed by atoms with van der Waals surface area (Å²) in [5, 5.41) is 4.84. The third-order valence-electron chi connectivity index (χ3n) is 5.73. The molecule has 0 saturated carbocycles. The Labute approximate surface area is 165 Å². The first-order chi connectivity index (χ1) is 13.8. The van der Waals surface area contributed by atoms with Gasteiger partial charge in [0.05, 0.1) is 25.1 Å². The molecule has 0 radical (unpaired) electrons. The van der Waals surface area contributed by atoms with Gasteiger partial charge in [-0.3, -0.25) is 9.88 Å². The summed E-state index contributed by atoms with van der Waals surface area (Å²) in [4.78, 5) is 13.8. The molecule has 28 heavy (non-hydrogen) atoms. The number of aromatic nitrogens is 4. The Balaban J connectivity index is 1.32. The Bertz CT molecular complexity index is 921. The second-order valence-electron chi connectivity index (χ2n) is 7.69. The second-order valence-corrected chi connectivity index (χ2v) is 7.69. The highest BCUT2D eigenvalue weighted by atomic mass is 16.5. The van der Waals surface area contributed by atoms with Crippen LogP contribution in [0.3, 0.4) is 0 Å². The Kier molecular flexibility index (Phi) is 4.93. The molecule has 0 spiro atoms. The van der Waals surface area contributed by atoms with E-state index >= 15 is 0 Å². The molecule has 2 saturated heterocycles. The van der Waals surface area contributed by atoms with Crippen molar-refractivity contribution in [3.63, 3.8) is 0 Å². The van der Waals surface area contributed by atoms with Crippen LogP contribution >= 0.6 is 0 Å². The standard InChI is InChI=1S/C21H26N6O/c1-2-18(15-25(9-1)14-17-5-7-22-8-6-17)21-23-20-4-3-19(16-27(20)24-21)26-10-12-28-13-11-26/h3-8,16,18H,1-2,9-15H2. The van der Waals surface area contributed by atoms with E-state index in [-0.39, 0.29) is 0 Å². The number of nitrogens with zero attached hydrogens (tertiary/aromatic N) is 6. The van der Waals surface area contributed by atoms with Gasteiger partial charge in [-0.05, 0) is 49.2 Å². The van der Waals surface area contributed by atoms with Gasteiger partial charge in [0, 0.05) is 44.5 Å². The zero-order chi connectivity index (χ0) is 18.8. The van der Waals surface area contributed by atoms with Gasteiger partial charge in [0.25, 0.3) is 0 Å². The molecule has 3 aromatic heterocycles. The van der Waals surface area contributed by atoms with Gasteiger partial charge in [0.1, 0.15) is 0 Å². The van der Waals surface area contributed by atoms with Gasteiger partial charge in [0.2, 0.25) is 0 Å².